The van der Waals surface area contributed by atoms with Crippen molar-refractivity contribution in [3.63, 3.8) is 0 Å². The van der Waals surface area contributed by atoms with E-state index in [9.17, 15) is 4.79 Å². The zero-order chi connectivity index (χ0) is 15.2. The first-order valence-electron chi connectivity index (χ1n) is 7.18. The van der Waals surface area contributed by atoms with Gasteiger partial charge in [-0.3, -0.25) is 4.79 Å². The minimum Gasteiger partial charge on any atom is -0.495 e. The molecule has 0 bridgehead atoms. The number of ether oxygens (including phenoxy) is 1. The van der Waals surface area contributed by atoms with Crippen molar-refractivity contribution >= 4 is 23.2 Å². The first-order chi connectivity index (χ1) is 10.1. The van der Waals surface area contributed by atoms with Crippen LogP contribution in [0.1, 0.15) is 12.5 Å². The summed E-state index contributed by atoms with van der Waals surface area (Å²) in [5.74, 6) is 0.518. The van der Waals surface area contributed by atoms with Gasteiger partial charge in [-0.1, -0.05) is 11.6 Å². The molecule has 1 heterocycles. The molecule has 0 spiro atoms. The Morgan fingerprint density at radius 3 is 2.76 bits per heavy atom. The number of rotatable bonds is 5. The predicted octanol–water partition coefficient (Wildman–Crippen LogP) is 1.75. The lowest BCUT2D eigenvalue weighted by molar-refractivity contribution is -0.114. The molecule has 1 aliphatic rings. The number of benzene rings is 1. The van der Waals surface area contributed by atoms with E-state index in [4.69, 9.17) is 16.3 Å². The third-order valence-corrected chi connectivity index (χ3v) is 3.98. The molecule has 0 atom stereocenters. The quantitative estimate of drug-likeness (QED) is 0.870. The van der Waals surface area contributed by atoms with Crippen molar-refractivity contribution in [3.8, 4) is 5.75 Å². The summed E-state index contributed by atoms with van der Waals surface area (Å²) < 4.78 is 5.34. The van der Waals surface area contributed by atoms with Gasteiger partial charge >= 0.3 is 0 Å². The summed E-state index contributed by atoms with van der Waals surface area (Å²) in [6.07, 6.45) is 0.783. The van der Waals surface area contributed by atoms with Gasteiger partial charge in [0.1, 0.15) is 5.75 Å². The number of hydrogen-bond donors (Lipinski definition) is 2. The monoisotopic (exact) mass is 311 g/mol. The summed E-state index contributed by atoms with van der Waals surface area (Å²) in [5.41, 5.74) is 1.62. The molecular weight excluding hydrogens is 290 g/mol. The van der Waals surface area contributed by atoms with Crippen molar-refractivity contribution in [1.29, 1.82) is 0 Å². The van der Waals surface area contributed by atoms with Crippen LogP contribution < -0.4 is 15.4 Å². The van der Waals surface area contributed by atoms with Crippen LogP contribution in [0.5, 0.6) is 5.75 Å². The van der Waals surface area contributed by atoms with Crippen molar-refractivity contribution in [1.82, 2.24) is 10.2 Å². The Morgan fingerprint density at radius 1 is 1.43 bits per heavy atom. The number of anilines is 1. The second kappa shape index (κ2) is 7.64. The average Bonchev–Trinajstić information content (AvgIpc) is 2.47. The number of nitrogens with zero attached hydrogens (tertiary/aromatic N) is 1. The SMILES string of the molecule is COc1ccc(Cl)c(CCN2CCNCC2)c1NC(C)=O. The summed E-state index contributed by atoms with van der Waals surface area (Å²) in [6, 6.07) is 3.60. The number of methoxy groups -OCH3 is 1. The second-order valence-electron chi connectivity index (χ2n) is 5.13. The van der Waals surface area contributed by atoms with Crippen LogP contribution in [0, 0.1) is 0 Å². The number of amides is 1. The number of nitrogens with one attached hydrogen (secondary N) is 2. The van der Waals surface area contributed by atoms with Gasteiger partial charge in [-0.05, 0) is 24.1 Å². The highest BCUT2D eigenvalue weighted by Gasteiger charge is 2.16. The van der Waals surface area contributed by atoms with E-state index in [2.05, 4.69) is 15.5 Å². The van der Waals surface area contributed by atoms with E-state index in [-0.39, 0.29) is 5.91 Å². The van der Waals surface area contributed by atoms with Gasteiger partial charge in [0.2, 0.25) is 5.91 Å². The van der Waals surface area contributed by atoms with Crippen LogP contribution in [-0.2, 0) is 11.2 Å². The summed E-state index contributed by atoms with van der Waals surface area (Å²) in [4.78, 5) is 13.8. The standard InChI is InChI=1S/C15H22ClN3O2/c1-11(20)18-15-12(13(16)3-4-14(15)21-2)5-8-19-9-6-17-7-10-19/h3-4,17H,5-10H2,1-2H3,(H,18,20). The van der Waals surface area contributed by atoms with E-state index in [0.717, 1.165) is 44.7 Å². The van der Waals surface area contributed by atoms with E-state index >= 15 is 0 Å². The molecule has 21 heavy (non-hydrogen) atoms. The normalized spacial score (nSPS) is 15.8. The summed E-state index contributed by atoms with van der Waals surface area (Å²) >= 11 is 6.32. The molecule has 1 aromatic carbocycles. The molecule has 1 saturated heterocycles. The fraction of sp³-hybridized carbons (Fsp3) is 0.533. The third-order valence-electron chi connectivity index (χ3n) is 3.63. The Bertz CT molecular complexity index is 502. The molecule has 2 rings (SSSR count). The van der Waals surface area contributed by atoms with Gasteiger partial charge in [-0.25, -0.2) is 0 Å². The van der Waals surface area contributed by atoms with Crippen molar-refractivity contribution in [2.24, 2.45) is 0 Å². The lowest BCUT2D eigenvalue weighted by Gasteiger charge is -2.27. The number of piperazine rings is 1. The van der Waals surface area contributed by atoms with E-state index < -0.39 is 0 Å². The second-order valence-corrected chi connectivity index (χ2v) is 5.53. The van der Waals surface area contributed by atoms with Gasteiger partial charge < -0.3 is 20.3 Å². The van der Waals surface area contributed by atoms with E-state index in [1.54, 1.807) is 13.2 Å². The van der Waals surface area contributed by atoms with Crippen molar-refractivity contribution in [2.45, 2.75) is 13.3 Å². The Hall–Kier alpha value is -1.30. The van der Waals surface area contributed by atoms with Crippen molar-refractivity contribution in [3.05, 3.63) is 22.7 Å². The van der Waals surface area contributed by atoms with Gasteiger partial charge in [0.15, 0.2) is 0 Å². The van der Waals surface area contributed by atoms with E-state index in [0.29, 0.717) is 16.5 Å². The fourth-order valence-electron chi connectivity index (χ4n) is 2.53. The van der Waals surface area contributed by atoms with Crippen LogP contribution in [0.4, 0.5) is 5.69 Å². The molecule has 5 nitrogen and oxygen atoms in total. The molecule has 0 aliphatic carbocycles. The van der Waals surface area contributed by atoms with Crippen LogP contribution in [0.25, 0.3) is 0 Å². The van der Waals surface area contributed by atoms with Crippen molar-refractivity contribution in [2.75, 3.05) is 45.2 Å². The van der Waals surface area contributed by atoms with Crippen LogP contribution in [0.15, 0.2) is 12.1 Å². The average molecular weight is 312 g/mol. The summed E-state index contributed by atoms with van der Waals surface area (Å²) in [5, 5.41) is 6.84. The molecule has 1 aliphatic heterocycles. The Balaban J connectivity index is 2.16. The zero-order valence-corrected chi connectivity index (χ0v) is 13.3. The topological polar surface area (TPSA) is 53.6 Å². The highest BCUT2D eigenvalue weighted by atomic mass is 35.5. The molecule has 6 heteroatoms. The Morgan fingerprint density at radius 2 is 2.14 bits per heavy atom. The molecule has 0 unspecified atom stereocenters. The third kappa shape index (κ3) is 4.33. The number of halogens is 1. The van der Waals surface area contributed by atoms with Gasteiger partial charge in [0.05, 0.1) is 12.8 Å². The zero-order valence-electron chi connectivity index (χ0n) is 12.5. The number of hydrogen-bond acceptors (Lipinski definition) is 4. The maximum atomic E-state index is 11.4. The van der Waals surface area contributed by atoms with Crippen molar-refractivity contribution < 1.29 is 9.53 Å². The highest BCUT2D eigenvalue weighted by Crippen LogP contribution is 2.34. The maximum Gasteiger partial charge on any atom is 0.221 e. The molecule has 0 radical (unpaired) electrons. The molecule has 0 aromatic heterocycles. The Kier molecular flexibility index (Phi) is 5.85. The predicted molar refractivity (Wildman–Crippen MR) is 85.3 cm³/mol. The molecular formula is C15H22ClN3O2. The van der Waals surface area contributed by atoms with E-state index in [1.165, 1.54) is 6.92 Å². The highest BCUT2D eigenvalue weighted by molar-refractivity contribution is 6.32. The van der Waals surface area contributed by atoms with Crippen LogP contribution in [0.3, 0.4) is 0 Å². The minimum absolute atomic E-state index is 0.126. The van der Waals surface area contributed by atoms with Gasteiger partial charge in [0.25, 0.3) is 0 Å². The first kappa shape index (κ1) is 16.1. The number of carbonyl (C=O) groups is 1. The largest absolute Gasteiger partial charge is 0.495 e. The van der Waals surface area contributed by atoms with Crippen LogP contribution >= 0.6 is 11.6 Å². The molecule has 1 aromatic rings. The molecule has 0 saturated carbocycles. The van der Waals surface area contributed by atoms with E-state index in [1.807, 2.05) is 6.07 Å². The lowest BCUT2D eigenvalue weighted by Crippen LogP contribution is -2.44. The molecule has 2 N–H and O–H groups in total. The smallest absolute Gasteiger partial charge is 0.221 e. The Labute approximate surface area is 130 Å². The first-order valence-corrected chi connectivity index (χ1v) is 7.55. The molecule has 1 amide bonds. The molecule has 1 fully saturated rings. The van der Waals surface area contributed by atoms with Gasteiger partial charge in [-0.2, -0.15) is 0 Å². The summed E-state index contributed by atoms with van der Waals surface area (Å²) in [7, 11) is 1.59. The van der Waals surface area contributed by atoms with Gasteiger partial charge in [0, 0.05) is 44.7 Å². The minimum atomic E-state index is -0.126. The number of carbonyl (C=O) groups excluding carboxylic acids is 1. The van der Waals surface area contributed by atoms with Crippen LogP contribution in [-0.4, -0.2) is 50.6 Å². The molecule has 116 valence electrons. The van der Waals surface area contributed by atoms with Gasteiger partial charge in [-0.15, -0.1) is 0 Å². The maximum absolute atomic E-state index is 11.4. The lowest BCUT2D eigenvalue weighted by atomic mass is 10.1. The summed E-state index contributed by atoms with van der Waals surface area (Å²) in [6.45, 7) is 6.52. The van der Waals surface area contributed by atoms with Crippen LogP contribution in [0.2, 0.25) is 5.02 Å². The fourth-order valence-corrected chi connectivity index (χ4v) is 2.79.